The third kappa shape index (κ3) is 3.08. The van der Waals surface area contributed by atoms with E-state index in [9.17, 15) is 0 Å². The lowest BCUT2D eigenvalue weighted by atomic mass is 10.1. The molecule has 1 heterocycles. The summed E-state index contributed by atoms with van der Waals surface area (Å²) in [4.78, 5) is 7.91. The molecule has 0 atom stereocenters. The van der Waals surface area contributed by atoms with Crippen molar-refractivity contribution in [2.45, 2.75) is 6.42 Å². The SMILES string of the molecule is Clc1cc(Cl)cc(Cc2ccnc(Cl)n2)c1. The van der Waals surface area contributed by atoms with E-state index in [2.05, 4.69) is 9.97 Å². The molecule has 16 heavy (non-hydrogen) atoms. The van der Waals surface area contributed by atoms with Crippen LogP contribution in [-0.2, 0) is 6.42 Å². The van der Waals surface area contributed by atoms with E-state index >= 15 is 0 Å². The number of benzene rings is 1. The first kappa shape index (κ1) is 11.6. The quantitative estimate of drug-likeness (QED) is 0.772. The van der Waals surface area contributed by atoms with Crippen molar-refractivity contribution in [3.05, 3.63) is 57.0 Å². The predicted octanol–water partition coefficient (Wildman–Crippen LogP) is 4.03. The van der Waals surface area contributed by atoms with Gasteiger partial charge in [-0.15, -0.1) is 0 Å². The minimum atomic E-state index is 0.241. The zero-order valence-corrected chi connectivity index (χ0v) is 10.4. The fraction of sp³-hybridized carbons (Fsp3) is 0.0909. The van der Waals surface area contributed by atoms with Gasteiger partial charge in [-0.3, -0.25) is 0 Å². The van der Waals surface area contributed by atoms with Gasteiger partial charge in [0, 0.05) is 28.4 Å². The number of nitrogens with zero attached hydrogens (tertiary/aromatic N) is 2. The van der Waals surface area contributed by atoms with Crippen LogP contribution < -0.4 is 0 Å². The van der Waals surface area contributed by atoms with Crippen molar-refractivity contribution in [1.82, 2.24) is 9.97 Å². The smallest absolute Gasteiger partial charge is 0.222 e. The van der Waals surface area contributed by atoms with E-state index < -0.39 is 0 Å². The van der Waals surface area contributed by atoms with E-state index in [-0.39, 0.29) is 5.28 Å². The van der Waals surface area contributed by atoms with Gasteiger partial charge in [0.15, 0.2) is 0 Å². The molecule has 2 nitrogen and oxygen atoms in total. The molecule has 5 heteroatoms. The Labute approximate surface area is 108 Å². The van der Waals surface area contributed by atoms with Crippen molar-refractivity contribution in [3.8, 4) is 0 Å². The number of hydrogen-bond acceptors (Lipinski definition) is 2. The Balaban J connectivity index is 2.27. The van der Waals surface area contributed by atoms with Gasteiger partial charge >= 0.3 is 0 Å². The van der Waals surface area contributed by atoms with Gasteiger partial charge in [0.1, 0.15) is 0 Å². The minimum absolute atomic E-state index is 0.241. The molecule has 0 fully saturated rings. The number of halogens is 3. The van der Waals surface area contributed by atoms with Crippen molar-refractivity contribution in [2.24, 2.45) is 0 Å². The van der Waals surface area contributed by atoms with Crippen LogP contribution in [0, 0.1) is 0 Å². The summed E-state index contributed by atoms with van der Waals surface area (Å²) in [6.45, 7) is 0. The van der Waals surface area contributed by atoms with Crippen LogP contribution in [0.25, 0.3) is 0 Å². The first-order valence-electron chi connectivity index (χ1n) is 4.56. The van der Waals surface area contributed by atoms with Crippen LogP contribution in [0.1, 0.15) is 11.3 Å². The molecule has 2 rings (SSSR count). The Morgan fingerprint density at radius 1 is 1.00 bits per heavy atom. The zero-order chi connectivity index (χ0) is 11.5. The van der Waals surface area contributed by atoms with Crippen molar-refractivity contribution >= 4 is 34.8 Å². The Morgan fingerprint density at radius 2 is 1.69 bits per heavy atom. The fourth-order valence-electron chi connectivity index (χ4n) is 1.39. The topological polar surface area (TPSA) is 25.8 Å². The molecule has 0 unspecified atom stereocenters. The predicted molar refractivity (Wildman–Crippen MR) is 66.3 cm³/mol. The average Bonchev–Trinajstić information content (AvgIpc) is 2.15. The highest BCUT2D eigenvalue weighted by Crippen LogP contribution is 2.20. The lowest BCUT2D eigenvalue weighted by Crippen LogP contribution is -1.93. The van der Waals surface area contributed by atoms with E-state index in [0.717, 1.165) is 11.3 Å². The second kappa shape index (κ2) is 5.00. The summed E-state index contributed by atoms with van der Waals surface area (Å²) >= 11 is 17.5. The lowest BCUT2D eigenvalue weighted by Gasteiger charge is -2.03. The Bertz CT molecular complexity index is 494. The van der Waals surface area contributed by atoms with Crippen molar-refractivity contribution in [1.29, 1.82) is 0 Å². The molecular formula is C11H7Cl3N2. The Hall–Kier alpha value is -0.830. The summed E-state index contributed by atoms with van der Waals surface area (Å²) in [5.74, 6) is 0. The number of hydrogen-bond donors (Lipinski definition) is 0. The van der Waals surface area contributed by atoms with Gasteiger partial charge in [0.2, 0.25) is 5.28 Å². The second-order valence-electron chi connectivity index (χ2n) is 3.27. The van der Waals surface area contributed by atoms with Crippen LogP contribution in [0.3, 0.4) is 0 Å². The molecule has 0 saturated heterocycles. The average molecular weight is 274 g/mol. The van der Waals surface area contributed by atoms with Crippen LogP contribution >= 0.6 is 34.8 Å². The summed E-state index contributed by atoms with van der Waals surface area (Å²) in [6.07, 6.45) is 2.25. The molecule has 0 aliphatic heterocycles. The van der Waals surface area contributed by atoms with Crippen molar-refractivity contribution in [2.75, 3.05) is 0 Å². The third-order valence-electron chi connectivity index (χ3n) is 1.99. The maximum Gasteiger partial charge on any atom is 0.222 e. The minimum Gasteiger partial charge on any atom is -0.227 e. The molecule has 1 aromatic carbocycles. The van der Waals surface area contributed by atoms with Crippen LogP contribution in [-0.4, -0.2) is 9.97 Å². The largest absolute Gasteiger partial charge is 0.227 e. The van der Waals surface area contributed by atoms with Crippen LogP contribution in [0.15, 0.2) is 30.5 Å². The monoisotopic (exact) mass is 272 g/mol. The van der Waals surface area contributed by atoms with Crippen molar-refractivity contribution < 1.29 is 0 Å². The molecule has 0 N–H and O–H groups in total. The molecule has 2 aromatic rings. The number of rotatable bonds is 2. The lowest BCUT2D eigenvalue weighted by molar-refractivity contribution is 1.03. The van der Waals surface area contributed by atoms with Crippen LogP contribution in [0.2, 0.25) is 15.3 Å². The van der Waals surface area contributed by atoms with Crippen LogP contribution in [0.4, 0.5) is 0 Å². The fourth-order valence-corrected chi connectivity index (χ4v) is 2.13. The highest BCUT2D eigenvalue weighted by molar-refractivity contribution is 6.34. The summed E-state index contributed by atoms with van der Waals surface area (Å²) in [6, 6.07) is 7.20. The van der Waals surface area contributed by atoms with Gasteiger partial charge in [0.25, 0.3) is 0 Å². The maximum atomic E-state index is 5.90. The standard InChI is InChI=1S/C11H7Cl3N2/c12-8-3-7(4-9(13)6-8)5-10-1-2-15-11(14)16-10/h1-4,6H,5H2. The third-order valence-corrected chi connectivity index (χ3v) is 2.61. The van der Waals surface area contributed by atoms with E-state index in [1.807, 2.05) is 12.1 Å². The molecule has 0 amide bonds. The number of aromatic nitrogens is 2. The highest BCUT2D eigenvalue weighted by atomic mass is 35.5. The van der Waals surface area contributed by atoms with E-state index in [4.69, 9.17) is 34.8 Å². The summed E-state index contributed by atoms with van der Waals surface area (Å²) in [7, 11) is 0. The first-order valence-corrected chi connectivity index (χ1v) is 5.69. The van der Waals surface area contributed by atoms with Gasteiger partial charge in [-0.2, -0.15) is 0 Å². The van der Waals surface area contributed by atoms with Crippen LogP contribution in [0.5, 0.6) is 0 Å². The molecule has 1 aromatic heterocycles. The molecule has 0 spiro atoms. The molecule has 0 aliphatic rings. The maximum absolute atomic E-state index is 5.90. The molecular weight excluding hydrogens is 266 g/mol. The van der Waals surface area contributed by atoms with Gasteiger partial charge in [-0.1, -0.05) is 23.2 Å². The molecule has 0 radical (unpaired) electrons. The summed E-state index contributed by atoms with van der Waals surface area (Å²) in [5, 5.41) is 1.47. The van der Waals surface area contributed by atoms with Gasteiger partial charge in [-0.05, 0) is 41.4 Å². The van der Waals surface area contributed by atoms with Gasteiger partial charge in [-0.25, -0.2) is 9.97 Å². The van der Waals surface area contributed by atoms with E-state index in [1.165, 1.54) is 0 Å². The molecule has 82 valence electrons. The van der Waals surface area contributed by atoms with Crippen molar-refractivity contribution in [3.63, 3.8) is 0 Å². The summed E-state index contributed by atoms with van der Waals surface area (Å²) < 4.78 is 0. The molecule has 0 saturated carbocycles. The van der Waals surface area contributed by atoms with E-state index in [1.54, 1.807) is 18.3 Å². The van der Waals surface area contributed by atoms with E-state index in [0.29, 0.717) is 16.5 Å². The molecule has 0 aliphatic carbocycles. The molecule has 0 bridgehead atoms. The second-order valence-corrected chi connectivity index (χ2v) is 4.48. The summed E-state index contributed by atoms with van der Waals surface area (Å²) in [5.41, 5.74) is 1.82. The first-order chi connectivity index (χ1) is 7.63. The highest BCUT2D eigenvalue weighted by Gasteiger charge is 2.02. The van der Waals surface area contributed by atoms with Gasteiger partial charge in [0.05, 0.1) is 0 Å². The normalized spacial score (nSPS) is 10.4. The Kier molecular flexibility index (Phi) is 3.64. The zero-order valence-electron chi connectivity index (χ0n) is 8.12. The Morgan fingerprint density at radius 3 is 2.31 bits per heavy atom. The van der Waals surface area contributed by atoms with Gasteiger partial charge < -0.3 is 0 Å².